The minimum Gasteiger partial charge on any atom is -0.459 e. The zero-order valence-corrected chi connectivity index (χ0v) is 18.3. The van der Waals surface area contributed by atoms with Crippen LogP contribution in [-0.2, 0) is 0 Å². The summed E-state index contributed by atoms with van der Waals surface area (Å²) in [6.45, 7) is 6.64. The Morgan fingerprint density at radius 2 is 2.26 bits per heavy atom. The number of nitrogens with zero attached hydrogens (tertiary/aromatic N) is 3. The van der Waals surface area contributed by atoms with Crippen LogP contribution in [0.3, 0.4) is 0 Å². The fourth-order valence-corrected chi connectivity index (χ4v) is 4.08. The Kier molecular flexibility index (Phi) is 6.00. The van der Waals surface area contributed by atoms with E-state index in [1.807, 2.05) is 37.3 Å². The molecule has 160 valence electrons. The molecule has 0 saturated heterocycles. The molecule has 1 aromatic carbocycles. The van der Waals surface area contributed by atoms with Crippen molar-refractivity contribution in [3.8, 4) is 0 Å². The summed E-state index contributed by atoms with van der Waals surface area (Å²) in [6, 6.07) is 3.58. The average molecular weight is 441 g/mol. The molecule has 0 radical (unpaired) electrons. The van der Waals surface area contributed by atoms with Gasteiger partial charge in [0.25, 0.3) is 0 Å². The van der Waals surface area contributed by atoms with Crippen LogP contribution >= 0.6 is 11.8 Å². The van der Waals surface area contributed by atoms with E-state index in [1.165, 1.54) is 18.3 Å². The maximum absolute atomic E-state index is 13.6. The van der Waals surface area contributed by atoms with E-state index in [0.29, 0.717) is 28.4 Å². The smallest absolute Gasteiger partial charge is 0.459 e. The summed E-state index contributed by atoms with van der Waals surface area (Å²) in [4.78, 5) is 18.9. The maximum atomic E-state index is 13.6. The van der Waals surface area contributed by atoms with Crippen molar-refractivity contribution in [2.45, 2.75) is 26.8 Å². The molecule has 1 atom stereocenters. The fraction of sp³-hybridized carbons (Fsp3) is 0.318. The van der Waals surface area contributed by atoms with Crippen LogP contribution in [0.1, 0.15) is 31.2 Å². The highest BCUT2D eigenvalue weighted by molar-refractivity contribution is 8.02. The summed E-state index contributed by atoms with van der Waals surface area (Å²) in [5.74, 6) is 4.64. The summed E-state index contributed by atoms with van der Waals surface area (Å²) in [7, 11) is 0. The zero-order valence-electron chi connectivity index (χ0n) is 17.5. The van der Waals surface area contributed by atoms with E-state index in [-0.39, 0.29) is 11.7 Å². The largest absolute Gasteiger partial charge is 0.496 e. The van der Waals surface area contributed by atoms with Crippen molar-refractivity contribution in [3.63, 3.8) is 0 Å². The number of guanidine groups is 1. The van der Waals surface area contributed by atoms with Gasteiger partial charge in [-0.15, -0.1) is 11.8 Å². The number of hydrogen-bond donors (Lipinski definition) is 2. The lowest BCUT2D eigenvalue weighted by Crippen LogP contribution is -2.40. The van der Waals surface area contributed by atoms with Crippen molar-refractivity contribution in [2.24, 2.45) is 10.9 Å². The average Bonchev–Trinajstić information content (AvgIpc) is 3.08. The van der Waals surface area contributed by atoms with Gasteiger partial charge in [0.15, 0.2) is 11.6 Å². The molecule has 2 aliphatic rings. The van der Waals surface area contributed by atoms with Crippen molar-refractivity contribution in [1.29, 1.82) is 0 Å². The second-order valence-corrected chi connectivity index (χ2v) is 8.61. The summed E-state index contributed by atoms with van der Waals surface area (Å²) in [5, 5.41) is 8.35. The van der Waals surface area contributed by atoms with Gasteiger partial charge in [-0.3, -0.25) is 5.32 Å². The van der Waals surface area contributed by atoms with Gasteiger partial charge in [0.05, 0.1) is 18.8 Å². The standard InChI is InChI=1S/C22H22FN5O2S/c1-13(2)19(20-14(3)17-10-15(23)4-5-18(17)30-20)27-22(29)26-16-11-24-21(25-12-16)28-6-8-31-9-7-28/h4-6,8,10-11,13,19H,7,9H2,1-3H3,(H-,26,27,29)/p+1/t19-/m0/s1. The molecule has 2 amide bonds. The van der Waals surface area contributed by atoms with Gasteiger partial charge in [-0.1, -0.05) is 18.8 Å². The number of rotatable bonds is 4. The number of urea groups is 1. The Morgan fingerprint density at radius 1 is 1.42 bits per heavy atom. The number of nitrogens with one attached hydrogen (secondary N) is 2. The molecule has 0 spiro atoms. The van der Waals surface area contributed by atoms with Gasteiger partial charge in [0.2, 0.25) is 0 Å². The first kappa shape index (κ1) is 21.0. The number of fused-ring (bicyclic) bond motifs is 1. The van der Waals surface area contributed by atoms with E-state index in [0.717, 1.165) is 17.9 Å². The number of allylic oxidation sites excluding steroid dienone is 1. The third-order valence-electron chi connectivity index (χ3n) is 5.05. The molecule has 2 aromatic rings. The number of hydrogen-bond acceptors (Lipinski definition) is 5. The molecule has 1 aromatic heterocycles. The number of thioether (sulfide) groups is 1. The van der Waals surface area contributed by atoms with Crippen LogP contribution in [0.5, 0.6) is 0 Å². The molecular formula is C22H23FN5O2S+. The normalized spacial score (nSPS) is 16.5. The van der Waals surface area contributed by atoms with Crippen molar-refractivity contribution in [2.75, 3.05) is 12.3 Å². The second-order valence-electron chi connectivity index (χ2n) is 7.60. The fourth-order valence-electron chi connectivity index (χ4n) is 3.41. The maximum Gasteiger partial charge on any atom is 0.496 e. The van der Waals surface area contributed by atoms with Crippen molar-refractivity contribution >= 4 is 46.8 Å². The van der Waals surface area contributed by atoms with E-state index in [1.54, 1.807) is 17.8 Å². The lowest BCUT2D eigenvalue weighted by atomic mass is 9.98. The predicted octanol–water partition coefficient (Wildman–Crippen LogP) is 3.46. The Hall–Kier alpha value is -3.25. The van der Waals surface area contributed by atoms with Gasteiger partial charge in [-0.05, 0) is 31.0 Å². The third kappa shape index (κ3) is 4.59. The molecule has 31 heavy (non-hydrogen) atoms. The topological polar surface area (TPSA) is 84.0 Å². The van der Waals surface area contributed by atoms with Crippen LogP contribution in [0.2, 0.25) is 0 Å². The first-order chi connectivity index (χ1) is 14.9. The van der Waals surface area contributed by atoms with E-state index >= 15 is 0 Å². The Labute approximate surface area is 183 Å². The highest BCUT2D eigenvalue weighted by Gasteiger charge is 2.26. The van der Waals surface area contributed by atoms with Gasteiger partial charge in [0.1, 0.15) is 23.4 Å². The summed E-state index contributed by atoms with van der Waals surface area (Å²) in [5.41, 5.74) is 1.76. The molecule has 9 heteroatoms. The molecule has 0 fully saturated rings. The summed E-state index contributed by atoms with van der Waals surface area (Å²) in [6.07, 6.45) is 3.45. The summed E-state index contributed by atoms with van der Waals surface area (Å²) >= 11 is 1.73. The van der Waals surface area contributed by atoms with Crippen molar-refractivity contribution in [1.82, 2.24) is 20.2 Å². The highest BCUT2D eigenvalue weighted by atomic mass is 32.2. The molecule has 4 rings (SSSR count). The van der Waals surface area contributed by atoms with E-state index in [2.05, 4.69) is 26.2 Å². The van der Waals surface area contributed by atoms with E-state index < -0.39 is 12.1 Å². The number of halogens is 1. The van der Waals surface area contributed by atoms with Gasteiger partial charge < -0.3 is 9.73 Å². The second kappa shape index (κ2) is 8.86. The molecule has 0 saturated carbocycles. The van der Waals surface area contributed by atoms with Gasteiger partial charge in [0, 0.05) is 22.1 Å². The van der Waals surface area contributed by atoms with E-state index in [4.69, 9.17) is 4.42 Å². The molecule has 2 N–H and O–H groups in total. The number of benzene rings is 1. The van der Waals surface area contributed by atoms with E-state index in [9.17, 15) is 9.18 Å². The third-order valence-corrected chi connectivity index (χ3v) is 5.78. The molecule has 7 nitrogen and oxygen atoms in total. The SMILES string of the molecule is Cc1c([C@@H](NC(=O)NC2=C=[N+]=C(N3C=CSCC3)N=C2)C(C)C)oc2ccc(F)cc12. The molecule has 0 unspecified atom stereocenters. The van der Waals surface area contributed by atoms with Gasteiger partial charge >= 0.3 is 12.0 Å². The number of aliphatic imine (C=N–C) groups is 1. The number of carbonyl (C=O) groups excluding carboxylic acids is 1. The zero-order chi connectivity index (χ0) is 22.0. The van der Waals surface area contributed by atoms with Crippen LogP contribution < -0.4 is 15.3 Å². The van der Waals surface area contributed by atoms with Gasteiger partial charge in [-0.25, -0.2) is 14.1 Å². The quantitative estimate of drug-likeness (QED) is 0.714. The number of aryl methyl sites for hydroxylation is 1. The molecule has 0 bridgehead atoms. The van der Waals surface area contributed by atoms with Crippen LogP contribution in [0.4, 0.5) is 9.18 Å². The Balaban J connectivity index is 1.52. The minimum absolute atomic E-state index is 0.0428. The summed E-state index contributed by atoms with van der Waals surface area (Å²) < 4.78 is 23.8. The number of amides is 2. The molecule has 3 heterocycles. The lowest BCUT2D eigenvalue weighted by Gasteiger charge is -2.21. The number of carbonyl (C=O) groups is 1. The lowest BCUT2D eigenvalue weighted by molar-refractivity contribution is 0.232. The Morgan fingerprint density at radius 3 is 2.94 bits per heavy atom. The van der Waals surface area contributed by atoms with Crippen LogP contribution in [0.25, 0.3) is 11.0 Å². The van der Waals surface area contributed by atoms with Crippen LogP contribution in [0.15, 0.2) is 44.9 Å². The van der Waals surface area contributed by atoms with Crippen molar-refractivity contribution in [3.05, 3.63) is 52.6 Å². The van der Waals surface area contributed by atoms with Crippen LogP contribution in [0, 0.1) is 18.7 Å². The van der Waals surface area contributed by atoms with Crippen LogP contribution in [-0.4, -0.2) is 41.3 Å². The van der Waals surface area contributed by atoms with Gasteiger partial charge in [-0.2, -0.15) is 4.67 Å². The minimum atomic E-state index is -0.424. The first-order valence-electron chi connectivity index (χ1n) is 9.98. The molecule has 0 aliphatic carbocycles. The monoisotopic (exact) mass is 440 g/mol. The highest BCUT2D eigenvalue weighted by Crippen LogP contribution is 2.33. The molecular weight excluding hydrogens is 417 g/mol. The number of furan rings is 1. The van der Waals surface area contributed by atoms with Crippen molar-refractivity contribution < 1.29 is 13.6 Å². The molecule has 2 aliphatic heterocycles. The Bertz CT molecular complexity index is 1190. The predicted molar refractivity (Wildman–Crippen MR) is 123 cm³/mol. The first-order valence-corrected chi connectivity index (χ1v) is 11.0.